The number of benzene rings is 2. The van der Waals surface area contributed by atoms with Crippen LogP contribution in [0.1, 0.15) is 20.9 Å². The van der Waals surface area contributed by atoms with Gasteiger partial charge in [-0.1, -0.05) is 36.4 Å². The number of hydrogen-bond acceptors (Lipinski definition) is 5. The molecule has 3 aromatic rings. The lowest BCUT2D eigenvalue weighted by Crippen LogP contribution is -2.22. The highest BCUT2D eigenvalue weighted by atomic mass is 32.1. The summed E-state index contributed by atoms with van der Waals surface area (Å²) in [7, 11) is 0. The van der Waals surface area contributed by atoms with E-state index in [1.165, 1.54) is 29.5 Å². The smallest absolute Gasteiger partial charge is 0.270 e. The summed E-state index contributed by atoms with van der Waals surface area (Å²) in [4.78, 5) is 28.0. The Labute approximate surface area is 148 Å². The van der Waals surface area contributed by atoms with Crippen molar-refractivity contribution in [3.05, 3.63) is 80.8 Å². The molecule has 3 rings (SSSR count). The third-order valence-corrected chi connectivity index (χ3v) is 4.85. The van der Waals surface area contributed by atoms with Crippen LogP contribution in [0.3, 0.4) is 0 Å². The van der Waals surface area contributed by atoms with Crippen molar-refractivity contribution in [2.24, 2.45) is 0 Å². The van der Waals surface area contributed by atoms with E-state index in [1.54, 1.807) is 6.07 Å². The molecule has 0 aliphatic heterocycles. The molecule has 0 saturated heterocycles. The number of nitro groups is 1. The van der Waals surface area contributed by atoms with Gasteiger partial charge in [0.05, 0.1) is 17.2 Å². The van der Waals surface area contributed by atoms with Gasteiger partial charge in [0.2, 0.25) is 0 Å². The summed E-state index contributed by atoms with van der Waals surface area (Å²) in [5.74, 6) is -0.349. The molecule has 0 fully saturated rings. The number of non-ortho nitro benzene ring substituents is 1. The van der Waals surface area contributed by atoms with Gasteiger partial charge in [0.25, 0.3) is 11.6 Å². The molecule has 1 N–H and O–H groups in total. The minimum Gasteiger partial charge on any atom is -0.347 e. The number of carbonyl (C=O) groups excluding carboxylic acids is 1. The van der Waals surface area contributed by atoms with Gasteiger partial charge in [-0.05, 0) is 13.0 Å². The molecule has 1 heterocycles. The maximum atomic E-state index is 12.2. The summed E-state index contributed by atoms with van der Waals surface area (Å²) in [5.41, 5.74) is 2.06. The van der Waals surface area contributed by atoms with E-state index < -0.39 is 4.92 Å². The van der Waals surface area contributed by atoms with Crippen molar-refractivity contribution >= 4 is 22.9 Å². The number of carbonyl (C=O) groups is 1. The number of thiazole rings is 1. The summed E-state index contributed by atoms with van der Waals surface area (Å²) in [6, 6.07) is 15.5. The molecule has 0 saturated carbocycles. The van der Waals surface area contributed by atoms with Crippen LogP contribution in [0.2, 0.25) is 0 Å². The molecule has 6 nitrogen and oxygen atoms in total. The fraction of sp³-hybridized carbons (Fsp3) is 0.111. The predicted molar refractivity (Wildman–Crippen MR) is 96.6 cm³/mol. The molecule has 7 heteroatoms. The van der Waals surface area contributed by atoms with Crippen LogP contribution in [0.4, 0.5) is 5.69 Å². The Bertz CT molecular complexity index is 922. The van der Waals surface area contributed by atoms with Gasteiger partial charge in [-0.25, -0.2) is 4.98 Å². The molecule has 0 aliphatic rings. The lowest BCUT2D eigenvalue weighted by Gasteiger charge is -2.04. The number of nitro benzene ring substituents is 1. The quantitative estimate of drug-likeness (QED) is 0.556. The summed E-state index contributed by atoms with van der Waals surface area (Å²) >= 11 is 1.52. The molecule has 0 unspecified atom stereocenters. The summed E-state index contributed by atoms with van der Waals surface area (Å²) in [6.07, 6.45) is 0. The average Bonchev–Trinajstić information content (AvgIpc) is 3.01. The molecule has 0 spiro atoms. The Balaban J connectivity index is 1.71. The van der Waals surface area contributed by atoms with Crippen LogP contribution in [-0.4, -0.2) is 15.8 Å². The molecule has 126 valence electrons. The van der Waals surface area contributed by atoms with Crippen molar-refractivity contribution in [2.45, 2.75) is 13.5 Å². The SMILES string of the molecule is Cc1nc(-c2ccccc2)sc1CNC(=O)c1cccc([N+](=O)[O-])c1. The maximum absolute atomic E-state index is 12.2. The zero-order valence-corrected chi connectivity index (χ0v) is 14.2. The Kier molecular flexibility index (Phi) is 4.85. The molecule has 0 bridgehead atoms. The number of amides is 1. The molecule has 1 aromatic heterocycles. The van der Waals surface area contributed by atoms with Gasteiger partial charge in [0.15, 0.2) is 0 Å². The van der Waals surface area contributed by atoms with Gasteiger partial charge in [0.1, 0.15) is 5.01 Å². The van der Waals surface area contributed by atoms with E-state index in [1.807, 2.05) is 37.3 Å². The van der Waals surface area contributed by atoms with E-state index in [2.05, 4.69) is 10.3 Å². The minimum atomic E-state index is -0.518. The molecule has 0 radical (unpaired) electrons. The first-order valence-electron chi connectivity index (χ1n) is 7.59. The maximum Gasteiger partial charge on any atom is 0.270 e. The highest BCUT2D eigenvalue weighted by Crippen LogP contribution is 2.27. The average molecular weight is 353 g/mol. The van der Waals surface area contributed by atoms with E-state index in [0.717, 1.165) is 21.1 Å². The molecule has 0 aliphatic carbocycles. The van der Waals surface area contributed by atoms with Gasteiger partial charge in [-0.3, -0.25) is 14.9 Å². The number of rotatable bonds is 5. The second-order valence-electron chi connectivity index (χ2n) is 5.38. The predicted octanol–water partition coefficient (Wildman–Crippen LogP) is 3.96. The van der Waals surface area contributed by atoms with Gasteiger partial charge in [0, 0.05) is 28.1 Å². The van der Waals surface area contributed by atoms with Crippen molar-refractivity contribution < 1.29 is 9.72 Å². The zero-order chi connectivity index (χ0) is 17.8. The van der Waals surface area contributed by atoms with Crippen LogP contribution < -0.4 is 5.32 Å². The number of nitrogens with one attached hydrogen (secondary N) is 1. The fourth-order valence-electron chi connectivity index (χ4n) is 2.32. The molecule has 0 atom stereocenters. The molecular formula is C18H15N3O3S. The first kappa shape index (κ1) is 16.8. The van der Waals surface area contributed by atoms with Crippen LogP contribution in [0, 0.1) is 17.0 Å². The zero-order valence-electron chi connectivity index (χ0n) is 13.4. The second kappa shape index (κ2) is 7.23. The Morgan fingerprint density at radius 1 is 1.20 bits per heavy atom. The number of nitrogens with zero attached hydrogens (tertiary/aromatic N) is 2. The van der Waals surface area contributed by atoms with E-state index in [9.17, 15) is 14.9 Å². The van der Waals surface area contributed by atoms with E-state index in [4.69, 9.17) is 0 Å². The Hall–Kier alpha value is -3.06. The van der Waals surface area contributed by atoms with E-state index >= 15 is 0 Å². The highest BCUT2D eigenvalue weighted by molar-refractivity contribution is 7.15. The van der Waals surface area contributed by atoms with Crippen LogP contribution in [0.15, 0.2) is 54.6 Å². The van der Waals surface area contributed by atoms with Crippen molar-refractivity contribution in [3.63, 3.8) is 0 Å². The monoisotopic (exact) mass is 353 g/mol. The molecule has 2 aromatic carbocycles. The van der Waals surface area contributed by atoms with Gasteiger partial charge in [-0.15, -0.1) is 11.3 Å². The van der Waals surface area contributed by atoms with Crippen LogP contribution in [0.5, 0.6) is 0 Å². The van der Waals surface area contributed by atoms with Gasteiger partial charge in [-0.2, -0.15) is 0 Å². The lowest BCUT2D eigenvalue weighted by atomic mass is 10.2. The van der Waals surface area contributed by atoms with Crippen LogP contribution in [-0.2, 0) is 6.54 Å². The van der Waals surface area contributed by atoms with Gasteiger partial charge >= 0.3 is 0 Å². The standard InChI is InChI=1S/C18H15N3O3S/c1-12-16(25-18(20-12)13-6-3-2-4-7-13)11-19-17(22)14-8-5-9-15(10-14)21(23)24/h2-10H,11H2,1H3,(H,19,22). The van der Waals surface area contributed by atoms with Crippen molar-refractivity contribution in [3.8, 4) is 10.6 Å². The van der Waals surface area contributed by atoms with Crippen molar-refractivity contribution in [1.29, 1.82) is 0 Å². The van der Waals surface area contributed by atoms with Gasteiger partial charge < -0.3 is 5.32 Å². The second-order valence-corrected chi connectivity index (χ2v) is 6.47. The van der Waals surface area contributed by atoms with E-state index in [-0.39, 0.29) is 17.2 Å². The third kappa shape index (κ3) is 3.89. The molecular weight excluding hydrogens is 338 g/mol. The first-order valence-corrected chi connectivity index (χ1v) is 8.40. The highest BCUT2D eigenvalue weighted by Gasteiger charge is 2.13. The van der Waals surface area contributed by atoms with Crippen molar-refractivity contribution in [2.75, 3.05) is 0 Å². The Morgan fingerprint density at radius 2 is 1.96 bits per heavy atom. The molecule has 1 amide bonds. The van der Waals surface area contributed by atoms with Crippen molar-refractivity contribution in [1.82, 2.24) is 10.3 Å². The first-order chi connectivity index (χ1) is 12.0. The summed E-state index contributed by atoms with van der Waals surface area (Å²) in [5, 5.41) is 14.5. The normalized spacial score (nSPS) is 10.4. The van der Waals surface area contributed by atoms with Crippen LogP contribution >= 0.6 is 11.3 Å². The van der Waals surface area contributed by atoms with E-state index in [0.29, 0.717) is 6.54 Å². The minimum absolute atomic E-state index is 0.104. The van der Waals surface area contributed by atoms with Crippen LogP contribution in [0.25, 0.3) is 10.6 Å². The number of hydrogen-bond donors (Lipinski definition) is 1. The number of aryl methyl sites for hydroxylation is 1. The third-order valence-electron chi connectivity index (χ3n) is 3.64. The number of aromatic nitrogens is 1. The fourth-order valence-corrected chi connectivity index (χ4v) is 3.33. The topological polar surface area (TPSA) is 85.1 Å². The largest absolute Gasteiger partial charge is 0.347 e. The lowest BCUT2D eigenvalue weighted by molar-refractivity contribution is -0.384. The molecule has 25 heavy (non-hydrogen) atoms. The Morgan fingerprint density at radius 3 is 2.68 bits per heavy atom. The summed E-state index contributed by atoms with van der Waals surface area (Å²) < 4.78 is 0. The summed E-state index contributed by atoms with van der Waals surface area (Å²) in [6.45, 7) is 2.23.